The van der Waals surface area contributed by atoms with E-state index in [0.29, 0.717) is 12.8 Å². The zero-order chi connectivity index (χ0) is 45.5. The van der Waals surface area contributed by atoms with Gasteiger partial charge in [0.05, 0.1) is 6.61 Å². The van der Waals surface area contributed by atoms with Gasteiger partial charge in [0, 0.05) is 12.8 Å². The number of aliphatic hydroxyl groups is 3. The molecule has 360 valence electrons. The van der Waals surface area contributed by atoms with Gasteiger partial charge in [-0.2, -0.15) is 8.42 Å². The number of hydrogen-bond acceptors (Lipinski definition) is 11. The van der Waals surface area contributed by atoms with Gasteiger partial charge in [-0.1, -0.05) is 152 Å². The SMILES string of the molecule is CCCCC/C=C/C/C=C/CCCCCCCCCCCC(=O)O[C@H](COC(=O)CCCC/C=C/C/C=C/CCCCCCCC)CO[C@H]1O[C@H](CS(=O)(=O)O)[C@@H](O)C(O)C1O. The van der Waals surface area contributed by atoms with Crippen LogP contribution in [0.1, 0.15) is 194 Å². The van der Waals surface area contributed by atoms with Crippen molar-refractivity contribution in [2.24, 2.45) is 0 Å². The van der Waals surface area contributed by atoms with Crippen molar-refractivity contribution in [2.75, 3.05) is 19.0 Å². The second-order valence-electron chi connectivity index (χ2n) is 16.8. The van der Waals surface area contributed by atoms with Gasteiger partial charge in [0.1, 0.15) is 36.8 Å². The maximum atomic E-state index is 12.8. The summed E-state index contributed by atoms with van der Waals surface area (Å²) in [6.45, 7) is 3.70. The predicted molar refractivity (Wildman–Crippen MR) is 247 cm³/mol. The molecule has 0 spiro atoms. The third-order valence-corrected chi connectivity index (χ3v) is 11.6. The highest BCUT2D eigenvalue weighted by Crippen LogP contribution is 2.24. The Morgan fingerprint density at radius 3 is 1.48 bits per heavy atom. The molecule has 0 amide bonds. The Labute approximate surface area is 375 Å². The summed E-state index contributed by atoms with van der Waals surface area (Å²) in [6, 6.07) is 0. The van der Waals surface area contributed by atoms with E-state index in [1.165, 1.54) is 89.9 Å². The van der Waals surface area contributed by atoms with Crippen LogP contribution in [0.5, 0.6) is 0 Å². The highest BCUT2D eigenvalue weighted by atomic mass is 32.2. The summed E-state index contributed by atoms with van der Waals surface area (Å²) >= 11 is 0. The quantitative estimate of drug-likeness (QED) is 0.0198. The third kappa shape index (κ3) is 33.2. The normalized spacial score (nSPS) is 20.3. The van der Waals surface area contributed by atoms with Crippen LogP contribution in [0.3, 0.4) is 0 Å². The summed E-state index contributed by atoms with van der Waals surface area (Å²) in [4.78, 5) is 25.4. The second-order valence-corrected chi connectivity index (χ2v) is 18.3. The monoisotopic (exact) mass is 899 g/mol. The molecule has 0 bridgehead atoms. The number of allylic oxidation sites excluding steroid dienone is 8. The molecule has 0 aromatic carbocycles. The van der Waals surface area contributed by atoms with Gasteiger partial charge in [0.15, 0.2) is 12.4 Å². The minimum absolute atomic E-state index is 0.152. The molecule has 1 aliphatic rings. The molecule has 6 atom stereocenters. The molecule has 0 radical (unpaired) electrons. The summed E-state index contributed by atoms with van der Waals surface area (Å²) in [7, 11) is -4.61. The third-order valence-electron chi connectivity index (χ3n) is 10.9. The van der Waals surface area contributed by atoms with E-state index in [0.717, 1.165) is 64.2 Å². The largest absolute Gasteiger partial charge is 0.462 e. The Morgan fingerprint density at radius 2 is 0.968 bits per heavy atom. The van der Waals surface area contributed by atoms with Crippen molar-refractivity contribution < 1.29 is 56.8 Å². The fourth-order valence-corrected chi connectivity index (χ4v) is 7.78. The average Bonchev–Trinajstić information content (AvgIpc) is 3.24. The van der Waals surface area contributed by atoms with E-state index < -0.39 is 71.2 Å². The first-order valence-electron chi connectivity index (χ1n) is 24.2. The van der Waals surface area contributed by atoms with Gasteiger partial charge >= 0.3 is 11.9 Å². The van der Waals surface area contributed by atoms with E-state index in [9.17, 15) is 37.9 Å². The molecule has 12 nitrogen and oxygen atoms in total. The highest BCUT2D eigenvalue weighted by molar-refractivity contribution is 7.85. The van der Waals surface area contributed by atoms with E-state index in [-0.39, 0.29) is 19.4 Å². The second kappa shape index (κ2) is 39.0. The van der Waals surface area contributed by atoms with Gasteiger partial charge in [-0.3, -0.25) is 14.1 Å². The van der Waals surface area contributed by atoms with Crippen molar-refractivity contribution in [3.8, 4) is 0 Å². The molecule has 1 saturated heterocycles. The standard InChI is InChI=1S/C49H86O12S/c1-3-5-7-9-11-13-15-17-19-20-21-22-24-26-28-30-32-34-36-38-45(51)60-42(40-59-49-48(54)47(53)46(52)43(61-49)41-62(55,56)57)39-58-44(50)37-35-33-31-29-27-25-23-18-16-14-12-10-8-6-4-2/h11,13,17-19,23,27,29,42-43,46-49,52-54H,3-10,12,14-16,20-22,24-26,28,30-41H2,1-2H3,(H,55,56,57)/b13-11+,19-17+,23-18+,29-27+/t42-,43-,46-,47?,48?,49+/m1/s1. The number of rotatable bonds is 40. The smallest absolute Gasteiger partial charge is 0.306 e. The summed E-state index contributed by atoms with van der Waals surface area (Å²) in [5.74, 6) is -2.03. The molecule has 1 rings (SSSR count). The predicted octanol–water partition coefficient (Wildman–Crippen LogP) is 10.3. The van der Waals surface area contributed by atoms with Gasteiger partial charge in [-0.05, 0) is 77.0 Å². The fraction of sp³-hybridized carbons (Fsp3) is 0.796. The van der Waals surface area contributed by atoms with Crippen molar-refractivity contribution >= 4 is 22.1 Å². The molecular weight excluding hydrogens is 813 g/mol. The van der Waals surface area contributed by atoms with Crippen LogP contribution in [0.15, 0.2) is 48.6 Å². The lowest BCUT2D eigenvalue weighted by Gasteiger charge is -2.40. The van der Waals surface area contributed by atoms with Gasteiger partial charge in [0.25, 0.3) is 10.1 Å². The Hall–Kier alpha value is -2.39. The van der Waals surface area contributed by atoms with Crippen molar-refractivity contribution in [3.05, 3.63) is 48.6 Å². The highest BCUT2D eigenvalue weighted by Gasteiger charge is 2.46. The first-order chi connectivity index (χ1) is 30.0. The number of esters is 2. The van der Waals surface area contributed by atoms with E-state index in [1.807, 2.05) is 0 Å². The van der Waals surface area contributed by atoms with E-state index in [1.54, 1.807) is 0 Å². The van der Waals surface area contributed by atoms with Crippen molar-refractivity contribution in [1.29, 1.82) is 0 Å². The van der Waals surface area contributed by atoms with E-state index >= 15 is 0 Å². The molecule has 13 heteroatoms. The van der Waals surface area contributed by atoms with Crippen LogP contribution in [0, 0.1) is 0 Å². The molecule has 0 aromatic rings. The van der Waals surface area contributed by atoms with Crippen molar-refractivity contribution in [2.45, 2.75) is 230 Å². The summed E-state index contributed by atoms with van der Waals surface area (Å²) in [5, 5.41) is 30.9. The molecule has 1 heterocycles. The number of ether oxygens (including phenoxy) is 4. The van der Waals surface area contributed by atoms with Crippen LogP contribution < -0.4 is 0 Å². The Balaban J connectivity index is 2.43. The summed E-state index contributed by atoms with van der Waals surface area (Å²) in [5.41, 5.74) is 0. The lowest BCUT2D eigenvalue weighted by Crippen LogP contribution is -2.60. The van der Waals surface area contributed by atoms with Crippen LogP contribution >= 0.6 is 0 Å². The van der Waals surface area contributed by atoms with Crippen LogP contribution in [-0.2, 0) is 38.7 Å². The number of hydrogen-bond donors (Lipinski definition) is 4. The van der Waals surface area contributed by atoms with E-state index in [4.69, 9.17) is 18.9 Å². The van der Waals surface area contributed by atoms with Crippen molar-refractivity contribution in [3.63, 3.8) is 0 Å². The molecule has 0 aliphatic carbocycles. The lowest BCUT2D eigenvalue weighted by atomic mass is 10.00. The molecule has 2 unspecified atom stereocenters. The first-order valence-corrected chi connectivity index (χ1v) is 25.8. The number of aliphatic hydroxyl groups excluding tert-OH is 3. The first kappa shape index (κ1) is 57.6. The summed E-state index contributed by atoms with van der Waals surface area (Å²) < 4.78 is 54.1. The lowest BCUT2D eigenvalue weighted by molar-refractivity contribution is -0.297. The molecular formula is C49H86O12S. The minimum Gasteiger partial charge on any atom is -0.462 e. The van der Waals surface area contributed by atoms with Crippen molar-refractivity contribution in [1.82, 2.24) is 0 Å². The molecule has 62 heavy (non-hydrogen) atoms. The zero-order valence-corrected chi connectivity index (χ0v) is 39.3. The molecule has 1 aliphatic heterocycles. The van der Waals surface area contributed by atoms with Crippen LogP contribution in [-0.4, -0.2) is 96.0 Å². The van der Waals surface area contributed by atoms with E-state index in [2.05, 4.69) is 62.5 Å². The zero-order valence-electron chi connectivity index (χ0n) is 38.5. The average molecular weight is 899 g/mol. The van der Waals surface area contributed by atoms with Crippen LogP contribution in [0.2, 0.25) is 0 Å². The van der Waals surface area contributed by atoms with Crippen LogP contribution in [0.25, 0.3) is 0 Å². The molecule has 0 aromatic heterocycles. The molecule has 0 saturated carbocycles. The van der Waals surface area contributed by atoms with Crippen LogP contribution in [0.4, 0.5) is 0 Å². The van der Waals surface area contributed by atoms with Gasteiger partial charge in [-0.15, -0.1) is 0 Å². The van der Waals surface area contributed by atoms with Gasteiger partial charge < -0.3 is 34.3 Å². The number of carbonyl (C=O) groups excluding carboxylic acids is 2. The Bertz CT molecular complexity index is 1330. The van der Waals surface area contributed by atoms with Gasteiger partial charge in [-0.25, -0.2) is 0 Å². The Kier molecular flexibility index (Phi) is 36.3. The van der Waals surface area contributed by atoms with Gasteiger partial charge in [0.2, 0.25) is 0 Å². The number of unbranched alkanes of at least 4 members (excludes halogenated alkanes) is 20. The molecule has 1 fully saturated rings. The maximum Gasteiger partial charge on any atom is 0.306 e. The Morgan fingerprint density at radius 1 is 0.548 bits per heavy atom. The topological polar surface area (TPSA) is 186 Å². The number of carbonyl (C=O) groups is 2. The minimum atomic E-state index is -4.61. The fourth-order valence-electron chi connectivity index (χ4n) is 7.09. The molecule has 4 N–H and O–H groups in total. The maximum absolute atomic E-state index is 12.8. The summed E-state index contributed by atoms with van der Waals surface area (Å²) in [6.07, 6.45) is 37.2.